The summed E-state index contributed by atoms with van der Waals surface area (Å²) in [6, 6.07) is 9.27. The fraction of sp³-hybridized carbons (Fsp3) is 0.667. The van der Waals surface area contributed by atoms with Crippen LogP contribution >= 0.6 is 15.9 Å². The second-order valence-electron chi connectivity index (χ2n) is 6.43. The normalized spacial score (nSPS) is 24.6. The highest BCUT2D eigenvalue weighted by molar-refractivity contribution is 9.10. The van der Waals surface area contributed by atoms with E-state index in [0.717, 1.165) is 22.7 Å². The molecule has 1 aromatic rings. The smallest absolute Gasteiger partial charge is 0.0175 e. The summed E-state index contributed by atoms with van der Waals surface area (Å²) in [5.41, 5.74) is 1.42. The maximum atomic E-state index is 3.74. The lowest BCUT2D eigenvalue weighted by atomic mass is 9.81. The van der Waals surface area contributed by atoms with Gasteiger partial charge in [-0.15, -0.1) is 0 Å². The lowest BCUT2D eigenvalue weighted by molar-refractivity contribution is 0.257. The van der Waals surface area contributed by atoms with Crippen LogP contribution in [0, 0.1) is 11.8 Å². The van der Waals surface area contributed by atoms with Gasteiger partial charge in [0.25, 0.3) is 0 Å². The van der Waals surface area contributed by atoms with E-state index >= 15 is 0 Å². The summed E-state index contributed by atoms with van der Waals surface area (Å²) in [5, 5.41) is 3.74. The molecule has 0 bridgehead atoms. The second-order valence-corrected chi connectivity index (χ2v) is 7.35. The predicted molar refractivity (Wildman–Crippen MR) is 91.0 cm³/mol. The molecule has 1 aliphatic rings. The predicted octanol–water partition coefficient (Wildman–Crippen LogP) is 5.19. The molecule has 1 saturated carbocycles. The Morgan fingerprint density at radius 1 is 1.10 bits per heavy atom. The van der Waals surface area contributed by atoms with Crippen molar-refractivity contribution in [1.82, 2.24) is 5.32 Å². The van der Waals surface area contributed by atoms with Crippen molar-refractivity contribution in [3.8, 4) is 0 Å². The van der Waals surface area contributed by atoms with Gasteiger partial charge in [-0.05, 0) is 62.3 Å². The molecule has 112 valence electrons. The average molecular weight is 338 g/mol. The largest absolute Gasteiger partial charge is 0.314 e. The highest BCUT2D eigenvalue weighted by atomic mass is 79.9. The van der Waals surface area contributed by atoms with Crippen LogP contribution < -0.4 is 5.32 Å². The van der Waals surface area contributed by atoms with Gasteiger partial charge < -0.3 is 5.32 Å². The number of halogens is 1. The molecule has 0 heterocycles. The Morgan fingerprint density at radius 3 is 2.30 bits per heavy atom. The zero-order valence-corrected chi connectivity index (χ0v) is 14.5. The van der Waals surface area contributed by atoms with Crippen LogP contribution in [-0.4, -0.2) is 12.6 Å². The van der Waals surface area contributed by atoms with Gasteiger partial charge in [-0.1, -0.05) is 54.2 Å². The second kappa shape index (κ2) is 8.19. The number of benzene rings is 1. The maximum Gasteiger partial charge on any atom is 0.0175 e. The summed E-state index contributed by atoms with van der Waals surface area (Å²) in [6.07, 6.45) is 8.25. The van der Waals surface area contributed by atoms with Crippen molar-refractivity contribution < 1.29 is 0 Å². The molecule has 1 unspecified atom stereocenters. The Hall–Kier alpha value is -0.340. The fourth-order valence-electron chi connectivity index (χ4n) is 3.26. The molecule has 2 rings (SSSR count). The highest BCUT2D eigenvalue weighted by Crippen LogP contribution is 2.30. The van der Waals surface area contributed by atoms with Crippen LogP contribution in [0.2, 0.25) is 0 Å². The molecule has 1 N–H and O–H groups in total. The van der Waals surface area contributed by atoms with Gasteiger partial charge in [0.2, 0.25) is 0 Å². The minimum absolute atomic E-state index is 0.570. The molecule has 0 amide bonds. The summed E-state index contributed by atoms with van der Waals surface area (Å²) < 4.78 is 1.16. The summed E-state index contributed by atoms with van der Waals surface area (Å²) in [4.78, 5) is 0. The maximum absolute atomic E-state index is 3.74. The molecule has 1 aromatic carbocycles. The number of hydrogen-bond donors (Lipinski definition) is 1. The molecule has 0 aliphatic heterocycles. The first-order chi connectivity index (χ1) is 9.67. The molecule has 1 nitrogen and oxygen atoms in total. The monoisotopic (exact) mass is 337 g/mol. The van der Waals surface area contributed by atoms with Crippen molar-refractivity contribution in [2.24, 2.45) is 11.8 Å². The Labute approximate surface area is 132 Å². The van der Waals surface area contributed by atoms with Gasteiger partial charge >= 0.3 is 0 Å². The van der Waals surface area contributed by atoms with Crippen molar-refractivity contribution >= 4 is 15.9 Å². The third-order valence-electron chi connectivity index (χ3n) is 4.75. The number of hydrogen-bond acceptors (Lipinski definition) is 1. The topological polar surface area (TPSA) is 12.0 Å². The van der Waals surface area contributed by atoms with E-state index in [1.807, 2.05) is 0 Å². The first-order valence-electron chi connectivity index (χ1n) is 8.15. The average Bonchev–Trinajstić information content (AvgIpc) is 2.48. The molecule has 1 atom stereocenters. The van der Waals surface area contributed by atoms with Gasteiger partial charge in [0, 0.05) is 10.5 Å². The standard InChI is InChI=1S/C18H28BrN/c1-3-15-4-6-17(7-5-15)13-20-14(2)12-16-8-10-18(19)11-9-16/h8-11,14-15,17,20H,3-7,12-13H2,1-2H3. The lowest BCUT2D eigenvalue weighted by Gasteiger charge is -2.29. The molecule has 20 heavy (non-hydrogen) atoms. The first kappa shape index (κ1) is 16.0. The van der Waals surface area contributed by atoms with Crippen LogP contribution in [0.15, 0.2) is 28.7 Å². The minimum Gasteiger partial charge on any atom is -0.314 e. The van der Waals surface area contributed by atoms with E-state index in [-0.39, 0.29) is 0 Å². The number of rotatable bonds is 6. The zero-order valence-electron chi connectivity index (χ0n) is 12.9. The van der Waals surface area contributed by atoms with Gasteiger partial charge in [0.15, 0.2) is 0 Å². The van der Waals surface area contributed by atoms with E-state index in [1.165, 1.54) is 44.2 Å². The zero-order chi connectivity index (χ0) is 14.4. The highest BCUT2D eigenvalue weighted by Gasteiger charge is 2.20. The van der Waals surface area contributed by atoms with Crippen molar-refractivity contribution in [3.05, 3.63) is 34.3 Å². The van der Waals surface area contributed by atoms with E-state index in [2.05, 4.69) is 59.4 Å². The van der Waals surface area contributed by atoms with Crippen LogP contribution in [0.4, 0.5) is 0 Å². The summed E-state index contributed by atoms with van der Waals surface area (Å²) in [5.74, 6) is 1.91. The van der Waals surface area contributed by atoms with Crippen LogP contribution in [-0.2, 0) is 6.42 Å². The fourth-order valence-corrected chi connectivity index (χ4v) is 3.52. The Balaban J connectivity index is 1.67. The summed E-state index contributed by atoms with van der Waals surface area (Å²) >= 11 is 3.49. The van der Waals surface area contributed by atoms with Gasteiger partial charge in [-0.2, -0.15) is 0 Å². The van der Waals surface area contributed by atoms with E-state index < -0.39 is 0 Å². The van der Waals surface area contributed by atoms with Crippen molar-refractivity contribution in [2.75, 3.05) is 6.54 Å². The van der Waals surface area contributed by atoms with E-state index in [0.29, 0.717) is 6.04 Å². The summed E-state index contributed by atoms with van der Waals surface area (Å²) in [6.45, 7) is 5.84. The van der Waals surface area contributed by atoms with Crippen molar-refractivity contribution in [3.63, 3.8) is 0 Å². The molecule has 1 fully saturated rings. The van der Waals surface area contributed by atoms with Crippen LogP contribution in [0.25, 0.3) is 0 Å². The van der Waals surface area contributed by atoms with E-state index in [9.17, 15) is 0 Å². The van der Waals surface area contributed by atoms with Crippen LogP contribution in [0.1, 0.15) is 51.5 Å². The molecule has 0 saturated heterocycles. The first-order valence-corrected chi connectivity index (χ1v) is 8.94. The Kier molecular flexibility index (Phi) is 6.57. The minimum atomic E-state index is 0.570. The van der Waals surface area contributed by atoms with Crippen molar-refractivity contribution in [1.29, 1.82) is 0 Å². The van der Waals surface area contributed by atoms with Gasteiger partial charge in [-0.25, -0.2) is 0 Å². The molecule has 0 aromatic heterocycles. The molecular formula is C18H28BrN. The SMILES string of the molecule is CCC1CCC(CNC(C)Cc2ccc(Br)cc2)CC1. The van der Waals surface area contributed by atoms with Gasteiger partial charge in [0.1, 0.15) is 0 Å². The van der Waals surface area contributed by atoms with Crippen LogP contribution in [0.5, 0.6) is 0 Å². The molecule has 1 aliphatic carbocycles. The molecule has 2 heteroatoms. The van der Waals surface area contributed by atoms with E-state index in [1.54, 1.807) is 0 Å². The molecule has 0 radical (unpaired) electrons. The molecule has 0 spiro atoms. The van der Waals surface area contributed by atoms with E-state index in [4.69, 9.17) is 0 Å². The third kappa shape index (κ3) is 5.21. The number of nitrogens with one attached hydrogen (secondary N) is 1. The lowest BCUT2D eigenvalue weighted by Crippen LogP contribution is -2.34. The molecular weight excluding hydrogens is 310 g/mol. The van der Waals surface area contributed by atoms with Crippen LogP contribution in [0.3, 0.4) is 0 Å². The van der Waals surface area contributed by atoms with Gasteiger partial charge in [-0.3, -0.25) is 0 Å². The Bertz CT molecular complexity index is 379. The van der Waals surface area contributed by atoms with Crippen molar-refractivity contribution in [2.45, 2.75) is 58.4 Å². The summed E-state index contributed by atoms with van der Waals surface area (Å²) in [7, 11) is 0. The quantitative estimate of drug-likeness (QED) is 0.753. The Morgan fingerprint density at radius 2 is 1.70 bits per heavy atom. The third-order valence-corrected chi connectivity index (χ3v) is 5.28. The van der Waals surface area contributed by atoms with Gasteiger partial charge in [0.05, 0.1) is 0 Å².